The third-order valence-corrected chi connectivity index (χ3v) is 4.68. The molecular formula is C20H21FN4O3. The number of carbonyl (C=O) groups excluding carboxylic acids is 2. The zero-order valence-electron chi connectivity index (χ0n) is 15.4. The van der Waals surface area contributed by atoms with Crippen molar-refractivity contribution in [1.82, 2.24) is 4.90 Å². The van der Waals surface area contributed by atoms with Gasteiger partial charge in [0.1, 0.15) is 11.7 Å². The number of hydrogen-bond donors (Lipinski definition) is 2. The first-order valence-corrected chi connectivity index (χ1v) is 8.78. The van der Waals surface area contributed by atoms with E-state index in [0.717, 1.165) is 5.56 Å². The van der Waals surface area contributed by atoms with Gasteiger partial charge in [0.25, 0.3) is 0 Å². The van der Waals surface area contributed by atoms with Crippen LogP contribution in [0.2, 0.25) is 0 Å². The molecule has 0 atom stereocenters. The smallest absolute Gasteiger partial charge is 0.324 e. The van der Waals surface area contributed by atoms with Crippen molar-refractivity contribution in [2.75, 3.05) is 31.6 Å². The van der Waals surface area contributed by atoms with Gasteiger partial charge >= 0.3 is 12.0 Å². The third kappa shape index (κ3) is 3.95. The molecule has 0 unspecified atom stereocenters. The van der Waals surface area contributed by atoms with Gasteiger partial charge in [-0.2, -0.15) is 0 Å². The highest BCUT2D eigenvalue weighted by atomic mass is 19.1. The molecule has 8 heteroatoms. The Labute approximate surface area is 162 Å². The number of nitrogens with zero attached hydrogens (tertiary/aromatic N) is 2. The third-order valence-electron chi connectivity index (χ3n) is 4.68. The number of rotatable bonds is 6. The maximum absolute atomic E-state index is 14.7. The van der Waals surface area contributed by atoms with Gasteiger partial charge in [0.2, 0.25) is 0 Å². The second kappa shape index (κ2) is 8.08. The van der Waals surface area contributed by atoms with Crippen molar-refractivity contribution in [3.63, 3.8) is 0 Å². The summed E-state index contributed by atoms with van der Waals surface area (Å²) < 4.78 is 19.3. The fraction of sp³-hybridized carbons (Fsp3) is 0.250. The molecule has 2 amide bonds. The molecule has 1 saturated heterocycles. The highest BCUT2D eigenvalue weighted by molar-refractivity contribution is 5.96. The Bertz CT molecular complexity index is 914. The summed E-state index contributed by atoms with van der Waals surface area (Å²) in [7, 11) is 1.30. The standard InChI is InChI=1S/C20H21FN4O3/c1-28-18(26)8-9-24-10-11-25(20(24)27)17-7-6-15(12-16(17)21)13-2-4-14(5-3-13)19(22)23/h2-7,12H,8-11H2,1H3,(H3,22,23). The van der Waals surface area contributed by atoms with E-state index >= 15 is 0 Å². The molecule has 3 N–H and O–H groups in total. The molecule has 1 fully saturated rings. The quantitative estimate of drug-likeness (QED) is 0.454. The molecule has 0 bridgehead atoms. The van der Waals surface area contributed by atoms with Crippen LogP contribution in [0.1, 0.15) is 12.0 Å². The zero-order chi connectivity index (χ0) is 20.3. The van der Waals surface area contributed by atoms with Crippen LogP contribution in [-0.2, 0) is 9.53 Å². The average molecular weight is 384 g/mol. The highest BCUT2D eigenvalue weighted by Crippen LogP contribution is 2.29. The second-order valence-corrected chi connectivity index (χ2v) is 6.40. The lowest BCUT2D eigenvalue weighted by atomic mass is 10.0. The van der Waals surface area contributed by atoms with Gasteiger partial charge < -0.3 is 15.4 Å². The predicted octanol–water partition coefficient (Wildman–Crippen LogP) is 2.58. The van der Waals surface area contributed by atoms with Gasteiger partial charge in [0, 0.05) is 25.2 Å². The number of amidine groups is 1. The largest absolute Gasteiger partial charge is 0.469 e. The fourth-order valence-electron chi connectivity index (χ4n) is 3.09. The van der Waals surface area contributed by atoms with Crippen LogP contribution < -0.4 is 10.6 Å². The van der Waals surface area contributed by atoms with Gasteiger partial charge in [0.15, 0.2) is 0 Å². The molecule has 28 heavy (non-hydrogen) atoms. The van der Waals surface area contributed by atoms with Crippen molar-refractivity contribution < 1.29 is 18.7 Å². The number of anilines is 1. The number of urea groups is 1. The van der Waals surface area contributed by atoms with Gasteiger partial charge in [-0.05, 0) is 23.3 Å². The second-order valence-electron chi connectivity index (χ2n) is 6.40. The predicted molar refractivity (Wildman–Crippen MR) is 104 cm³/mol. The molecular weight excluding hydrogens is 363 g/mol. The summed E-state index contributed by atoms with van der Waals surface area (Å²) in [5.41, 5.74) is 7.68. The number of hydrogen-bond acceptors (Lipinski definition) is 4. The summed E-state index contributed by atoms with van der Waals surface area (Å²) in [6.45, 7) is 1.01. The summed E-state index contributed by atoms with van der Waals surface area (Å²) in [5, 5.41) is 7.42. The first-order valence-electron chi connectivity index (χ1n) is 8.78. The first-order chi connectivity index (χ1) is 13.4. The number of carbonyl (C=O) groups is 2. The van der Waals surface area contributed by atoms with Crippen LogP contribution in [0, 0.1) is 11.2 Å². The van der Waals surface area contributed by atoms with Crippen LogP contribution in [-0.4, -0.2) is 49.5 Å². The van der Waals surface area contributed by atoms with E-state index in [1.165, 1.54) is 23.0 Å². The summed E-state index contributed by atoms with van der Waals surface area (Å²) in [6.07, 6.45) is 0.105. The molecule has 0 saturated carbocycles. The van der Waals surface area contributed by atoms with Crippen LogP contribution >= 0.6 is 0 Å². The molecule has 1 heterocycles. The fourth-order valence-corrected chi connectivity index (χ4v) is 3.09. The molecule has 0 spiro atoms. The molecule has 146 valence electrons. The Hall–Kier alpha value is -3.42. The minimum Gasteiger partial charge on any atom is -0.469 e. The Morgan fingerprint density at radius 2 is 1.86 bits per heavy atom. The minimum absolute atomic E-state index is 0.0302. The van der Waals surface area contributed by atoms with Gasteiger partial charge in [0.05, 0.1) is 19.2 Å². The van der Waals surface area contributed by atoms with Gasteiger partial charge in [-0.1, -0.05) is 30.3 Å². The molecule has 0 radical (unpaired) electrons. The Balaban J connectivity index is 1.75. The molecule has 3 rings (SSSR count). The van der Waals surface area contributed by atoms with E-state index in [1.54, 1.807) is 36.4 Å². The lowest BCUT2D eigenvalue weighted by Gasteiger charge is -2.19. The van der Waals surface area contributed by atoms with Gasteiger partial charge in [-0.25, -0.2) is 9.18 Å². The lowest BCUT2D eigenvalue weighted by Crippen LogP contribution is -2.33. The highest BCUT2D eigenvalue weighted by Gasteiger charge is 2.31. The normalized spacial score (nSPS) is 13.7. The SMILES string of the molecule is COC(=O)CCN1CCN(c2ccc(-c3ccc(C(=N)N)cc3)cc2F)C1=O. The molecule has 1 aliphatic rings. The van der Waals surface area contributed by atoms with Crippen LogP contribution in [0.5, 0.6) is 0 Å². The van der Waals surface area contributed by atoms with Crippen molar-refractivity contribution in [3.05, 3.63) is 53.8 Å². The van der Waals surface area contributed by atoms with Crippen LogP contribution in [0.25, 0.3) is 11.1 Å². The molecule has 2 aromatic rings. The van der Waals surface area contributed by atoms with Crippen molar-refractivity contribution in [2.45, 2.75) is 6.42 Å². The number of amides is 2. The van der Waals surface area contributed by atoms with Crippen molar-refractivity contribution in [3.8, 4) is 11.1 Å². The summed E-state index contributed by atoms with van der Waals surface area (Å²) in [5.74, 6) is -0.925. The number of esters is 1. The molecule has 7 nitrogen and oxygen atoms in total. The number of halogens is 1. The molecule has 0 aliphatic carbocycles. The Kier molecular flexibility index (Phi) is 5.58. The monoisotopic (exact) mass is 384 g/mol. The number of nitrogens with one attached hydrogen (secondary N) is 1. The average Bonchev–Trinajstić information content (AvgIpc) is 3.06. The molecule has 1 aliphatic heterocycles. The van der Waals surface area contributed by atoms with Gasteiger partial charge in [-0.15, -0.1) is 0 Å². The van der Waals surface area contributed by atoms with E-state index in [4.69, 9.17) is 11.1 Å². The number of ether oxygens (including phenoxy) is 1. The van der Waals surface area contributed by atoms with E-state index in [9.17, 15) is 14.0 Å². The van der Waals surface area contributed by atoms with Crippen molar-refractivity contribution in [1.29, 1.82) is 5.41 Å². The van der Waals surface area contributed by atoms with E-state index < -0.39 is 11.8 Å². The number of benzene rings is 2. The maximum atomic E-state index is 14.7. The summed E-state index contributed by atoms with van der Waals surface area (Å²) in [4.78, 5) is 26.7. The topological polar surface area (TPSA) is 99.7 Å². The molecule has 2 aromatic carbocycles. The lowest BCUT2D eigenvalue weighted by molar-refractivity contribution is -0.140. The number of nitrogen functional groups attached to an aromatic ring is 1. The van der Waals surface area contributed by atoms with E-state index in [1.807, 2.05) is 0 Å². The van der Waals surface area contributed by atoms with Crippen molar-refractivity contribution in [2.24, 2.45) is 5.73 Å². The number of nitrogens with two attached hydrogens (primary N) is 1. The minimum atomic E-state index is -0.503. The van der Waals surface area contributed by atoms with Crippen molar-refractivity contribution >= 4 is 23.5 Å². The zero-order valence-corrected chi connectivity index (χ0v) is 15.4. The summed E-state index contributed by atoms with van der Waals surface area (Å²) in [6, 6.07) is 11.3. The van der Waals surface area contributed by atoms with Crippen LogP contribution in [0.4, 0.5) is 14.9 Å². The summed E-state index contributed by atoms with van der Waals surface area (Å²) >= 11 is 0. The maximum Gasteiger partial charge on any atom is 0.324 e. The van der Waals surface area contributed by atoms with Gasteiger partial charge in [-0.3, -0.25) is 15.1 Å². The van der Waals surface area contributed by atoms with E-state index in [0.29, 0.717) is 24.2 Å². The first kappa shape index (κ1) is 19.3. The number of methoxy groups -OCH3 is 1. The Morgan fingerprint density at radius 3 is 2.46 bits per heavy atom. The van der Waals surface area contributed by atoms with Crippen LogP contribution in [0.15, 0.2) is 42.5 Å². The van der Waals surface area contributed by atoms with Crippen LogP contribution in [0.3, 0.4) is 0 Å². The Morgan fingerprint density at radius 1 is 1.18 bits per heavy atom. The molecule has 0 aromatic heterocycles. The van der Waals surface area contributed by atoms with E-state index in [2.05, 4.69) is 4.74 Å². The van der Waals surface area contributed by atoms with E-state index in [-0.39, 0.29) is 30.5 Å².